The van der Waals surface area contributed by atoms with E-state index in [2.05, 4.69) is 21.2 Å². The molecule has 172 valence electrons. The molecule has 0 unspecified atom stereocenters. The number of carbonyl (C=O) groups is 2. The van der Waals surface area contributed by atoms with Gasteiger partial charge in [0.05, 0.1) is 8.04 Å². The van der Waals surface area contributed by atoms with Gasteiger partial charge >= 0.3 is 5.97 Å². The number of nitrogens with zero attached hydrogens (tertiary/aromatic N) is 1. The lowest BCUT2D eigenvalue weighted by molar-refractivity contribution is -0.139. The van der Waals surface area contributed by atoms with Gasteiger partial charge < -0.3 is 19.9 Å². The second kappa shape index (κ2) is 12.2. The summed E-state index contributed by atoms with van der Waals surface area (Å²) in [5, 5.41) is 21.0. The van der Waals surface area contributed by atoms with Crippen molar-refractivity contribution in [3.05, 3.63) is 91.5 Å². The first-order chi connectivity index (χ1) is 16.4. The number of anilines is 1. The fourth-order valence-electron chi connectivity index (χ4n) is 2.82. The van der Waals surface area contributed by atoms with E-state index < -0.39 is 18.5 Å². The van der Waals surface area contributed by atoms with Crippen LogP contribution < -0.4 is 14.8 Å². The minimum atomic E-state index is -1.09. The monoisotopic (exact) mass is 632 g/mol. The number of carboxylic acids is 1. The Labute approximate surface area is 218 Å². The number of hydrogen-bond acceptors (Lipinski definition) is 5. The summed E-state index contributed by atoms with van der Waals surface area (Å²) < 4.78 is 12.1. The first kappa shape index (κ1) is 25.3. The number of amides is 1. The van der Waals surface area contributed by atoms with Gasteiger partial charge in [0.25, 0.3) is 5.91 Å². The van der Waals surface area contributed by atoms with E-state index in [-0.39, 0.29) is 5.57 Å². The van der Waals surface area contributed by atoms with E-state index in [1.54, 1.807) is 36.4 Å². The van der Waals surface area contributed by atoms with Crippen molar-refractivity contribution in [1.82, 2.24) is 0 Å². The minimum Gasteiger partial charge on any atom is -0.489 e. The molecule has 0 heterocycles. The molecule has 2 N–H and O–H groups in total. The highest BCUT2D eigenvalue weighted by Crippen LogP contribution is 2.32. The van der Waals surface area contributed by atoms with Crippen LogP contribution in [0, 0.1) is 14.9 Å². The second-order valence-electron chi connectivity index (χ2n) is 6.92. The molecule has 3 rings (SSSR count). The van der Waals surface area contributed by atoms with Gasteiger partial charge in [-0.2, -0.15) is 5.26 Å². The normalized spacial score (nSPS) is 10.8. The third-order valence-electron chi connectivity index (χ3n) is 4.40. The molecule has 3 aromatic carbocycles. The number of rotatable bonds is 9. The Kier molecular flexibility index (Phi) is 9.07. The summed E-state index contributed by atoms with van der Waals surface area (Å²) in [5.41, 5.74) is 2.06. The predicted molar refractivity (Wildman–Crippen MR) is 139 cm³/mol. The number of carbonyl (C=O) groups excluding carboxylic acids is 1. The Morgan fingerprint density at radius 3 is 2.41 bits per heavy atom. The highest BCUT2D eigenvalue weighted by atomic mass is 127. The number of carboxylic acid groups (broad SMARTS) is 1. The number of nitrogens with one attached hydrogen (secondary N) is 1. The standard InChI is InChI=1S/C25H18BrIN2O5/c26-21-11-17(12-22(27)24(21)34-15-23(30)31)10-18(13-28)25(32)29-19-6-8-20(9-7-19)33-14-16-4-2-1-3-5-16/h1-12H,14-15H2,(H,29,32)(H,30,31)/b18-10+. The molecule has 0 aliphatic carbocycles. The van der Waals surface area contributed by atoms with Crippen molar-refractivity contribution in [2.24, 2.45) is 0 Å². The minimum absolute atomic E-state index is 0.0914. The predicted octanol–water partition coefficient (Wildman–Crippen LogP) is 5.64. The van der Waals surface area contributed by atoms with Crippen LogP contribution in [0.4, 0.5) is 5.69 Å². The van der Waals surface area contributed by atoms with Crippen molar-refractivity contribution >= 4 is 62.2 Å². The van der Waals surface area contributed by atoms with Crippen molar-refractivity contribution in [1.29, 1.82) is 5.26 Å². The largest absolute Gasteiger partial charge is 0.489 e. The highest BCUT2D eigenvalue weighted by Gasteiger charge is 2.13. The highest BCUT2D eigenvalue weighted by molar-refractivity contribution is 14.1. The molecule has 0 atom stereocenters. The van der Waals surface area contributed by atoms with Gasteiger partial charge in [-0.1, -0.05) is 30.3 Å². The molecule has 1 amide bonds. The molecule has 0 fully saturated rings. The molecule has 0 radical (unpaired) electrons. The maximum Gasteiger partial charge on any atom is 0.341 e. The quantitative estimate of drug-likeness (QED) is 0.180. The zero-order chi connectivity index (χ0) is 24.5. The molecule has 0 aliphatic heterocycles. The maximum atomic E-state index is 12.6. The maximum absolute atomic E-state index is 12.6. The van der Waals surface area contributed by atoms with Crippen LogP contribution in [0.1, 0.15) is 11.1 Å². The number of nitriles is 1. The lowest BCUT2D eigenvalue weighted by atomic mass is 10.1. The average molecular weight is 633 g/mol. The Morgan fingerprint density at radius 1 is 1.09 bits per heavy atom. The molecule has 0 aliphatic rings. The van der Waals surface area contributed by atoms with Gasteiger partial charge in [-0.15, -0.1) is 0 Å². The molecule has 0 bridgehead atoms. The van der Waals surface area contributed by atoms with Gasteiger partial charge in [-0.25, -0.2) is 4.79 Å². The van der Waals surface area contributed by atoms with Crippen molar-refractivity contribution < 1.29 is 24.2 Å². The molecule has 3 aromatic rings. The lowest BCUT2D eigenvalue weighted by Crippen LogP contribution is -2.13. The van der Waals surface area contributed by atoms with E-state index >= 15 is 0 Å². The number of aliphatic carboxylic acids is 1. The van der Waals surface area contributed by atoms with Gasteiger partial charge in [0.15, 0.2) is 6.61 Å². The molecule has 0 saturated heterocycles. The van der Waals surface area contributed by atoms with Crippen LogP contribution in [0.5, 0.6) is 11.5 Å². The van der Waals surface area contributed by atoms with E-state index in [1.165, 1.54) is 6.08 Å². The van der Waals surface area contributed by atoms with Crippen LogP contribution >= 0.6 is 38.5 Å². The number of ether oxygens (including phenoxy) is 2. The third-order valence-corrected chi connectivity index (χ3v) is 5.79. The number of halogens is 2. The molecule has 0 spiro atoms. The van der Waals surface area contributed by atoms with Gasteiger partial charge in [-0.05, 0) is 92.1 Å². The zero-order valence-corrected chi connectivity index (χ0v) is 21.4. The van der Waals surface area contributed by atoms with Crippen LogP contribution in [0.15, 0.2) is 76.8 Å². The molecule has 7 nitrogen and oxygen atoms in total. The van der Waals surface area contributed by atoms with Crippen LogP contribution in [-0.4, -0.2) is 23.6 Å². The SMILES string of the molecule is N#C/C(=C\c1cc(Br)c(OCC(=O)O)c(I)c1)C(=O)Nc1ccc(OCc2ccccc2)cc1. The van der Waals surface area contributed by atoms with Crippen LogP contribution in [0.3, 0.4) is 0 Å². The fraction of sp³-hybridized carbons (Fsp3) is 0.0800. The Balaban J connectivity index is 1.66. The van der Waals surface area contributed by atoms with E-state index in [0.717, 1.165) is 5.56 Å². The molecule has 9 heteroatoms. The van der Waals surface area contributed by atoms with Crippen molar-refractivity contribution in [3.8, 4) is 17.6 Å². The third kappa shape index (κ3) is 7.33. The topological polar surface area (TPSA) is 109 Å². The van der Waals surface area contributed by atoms with E-state index in [4.69, 9.17) is 14.6 Å². The van der Waals surface area contributed by atoms with Gasteiger partial charge in [0, 0.05) is 5.69 Å². The van der Waals surface area contributed by atoms with Crippen LogP contribution in [-0.2, 0) is 16.2 Å². The summed E-state index contributed by atoms with van der Waals surface area (Å²) in [6.07, 6.45) is 1.45. The summed E-state index contributed by atoms with van der Waals surface area (Å²) in [6.45, 7) is -0.0475. The summed E-state index contributed by atoms with van der Waals surface area (Å²) >= 11 is 5.33. The van der Waals surface area contributed by atoms with Crippen LogP contribution in [0.2, 0.25) is 0 Å². The van der Waals surface area contributed by atoms with E-state index in [0.29, 0.717) is 37.4 Å². The van der Waals surface area contributed by atoms with Gasteiger partial charge in [0.2, 0.25) is 0 Å². The van der Waals surface area contributed by atoms with Crippen molar-refractivity contribution in [2.45, 2.75) is 6.61 Å². The van der Waals surface area contributed by atoms with E-state index in [1.807, 2.05) is 59.0 Å². The van der Waals surface area contributed by atoms with Gasteiger partial charge in [-0.3, -0.25) is 4.79 Å². The first-order valence-electron chi connectivity index (χ1n) is 9.89. The van der Waals surface area contributed by atoms with Crippen LogP contribution in [0.25, 0.3) is 6.08 Å². The van der Waals surface area contributed by atoms with E-state index in [9.17, 15) is 14.9 Å². The number of benzene rings is 3. The molecule has 0 aromatic heterocycles. The van der Waals surface area contributed by atoms with Crippen molar-refractivity contribution in [2.75, 3.05) is 11.9 Å². The zero-order valence-electron chi connectivity index (χ0n) is 17.6. The molecule has 34 heavy (non-hydrogen) atoms. The van der Waals surface area contributed by atoms with Crippen molar-refractivity contribution in [3.63, 3.8) is 0 Å². The molecule has 0 saturated carbocycles. The Morgan fingerprint density at radius 2 is 1.79 bits per heavy atom. The molecular formula is C25H18BrIN2O5. The summed E-state index contributed by atoms with van der Waals surface area (Å²) in [5.74, 6) is -0.621. The van der Waals surface area contributed by atoms with Gasteiger partial charge in [0.1, 0.15) is 29.7 Å². The fourth-order valence-corrected chi connectivity index (χ4v) is 4.59. The smallest absolute Gasteiger partial charge is 0.341 e. The number of hydrogen-bond donors (Lipinski definition) is 2. The Bertz CT molecular complexity index is 1230. The summed E-state index contributed by atoms with van der Waals surface area (Å²) in [6, 6.07) is 21.9. The first-order valence-corrected chi connectivity index (χ1v) is 11.8. The second-order valence-corrected chi connectivity index (χ2v) is 8.94. The summed E-state index contributed by atoms with van der Waals surface area (Å²) in [7, 11) is 0. The Hall–Kier alpha value is -3.36. The lowest BCUT2D eigenvalue weighted by Gasteiger charge is -2.10. The summed E-state index contributed by atoms with van der Waals surface area (Å²) in [4.78, 5) is 23.4. The molecular weight excluding hydrogens is 615 g/mol. The average Bonchev–Trinajstić information content (AvgIpc) is 2.82.